The summed E-state index contributed by atoms with van der Waals surface area (Å²) < 4.78 is 13.2. The SMILES string of the molecule is Fc1ccc(C2CC(=C3C=CC=C3)[N-]c3ccccc3S2)cc1.[Fe+2].c1cc[cH-]c1. The Labute approximate surface area is 186 Å². The van der Waals surface area contributed by atoms with Gasteiger partial charge in [0, 0.05) is 5.25 Å². The van der Waals surface area contributed by atoms with Gasteiger partial charge in [-0.3, -0.25) is 0 Å². The van der Waals surface area contributed by atoms with Gasteiger partial charge in [-0.15, -0.1) is 17.4 Å². The van der Waals surface area contributed by atoms with Crippen LogP contribution in [-0.2, 0) is 17.1 Å². The van der Waals surface area contributed by atoms with Gasteiger partial charge in [-0.25, -0.2) is 16.5 Å². The Hall–Kier alpha value is -2.39. The van der Waals surface area contributed by atoms with E-state index in [-0.39, 0.29) is 28.1 Å². The summed E-state index contributed by atoms with van der Waals surface area (Å²) in [6.45, 7) is 0. The van der Waals surface area contributed by atoms with Crippen molar-refractivity contribution in [1.29, 1.82) is 0 Å². The second-order valence-electron chi connectivity index (χ2n) is 6.52. The van der Waals surface area contributed by atoms with Crippen molar-refractivity contribution in [2.45, 2.75) is 16.6 Å². The third kappa shape index (κ3) is 5.57. The summed E-state index contributed by atoms with van der Waals surface area (Å²) >= 11 is 1.80. The summed E-state index contributed by atoms with van der Waals surface area (Å²) in [6.07, 6.45) is 9.09. The van der Waals surface area contributed by atoms with Crippen molar-refractivity contribution in [2.75, 3.05) is 0 Å². The van der Waals surface area contributed by atoms with Gasteiger partial charge in [0.15, 0.2) is 0 Å². The third-order valence-corrected chi connectivity index (χ3v) is 5.88. The van der Waals surface area contributed by atoms with Crippen LogP contribution in [0, 0.1) is 5.82 Å². The summed E-state index contributed by atoms with van der Waals surface area (Å²) in [4.78, 5) is 1.17. The van der Waals surface area contributed by atoms with Crippen molar-refractivity contribution in [3.05, 3.63) is 131 Å². The molecular weight excluding hydrogens is 421 g/mol. The Morgan fingerprint density at radius 3 is 2.24 bits per heavy atom. The zero-order valence-corrected chi connectivity index (χ0v) is 17.6. The molecule has 0 saturated heterocycles. The van der Waals surface area contributed by atoms with E-state index in [4.69, 9.17) is 5.32 Å². The number of benzene rings is 2. The molecule has 1 heterocycles. The van der Waals surface area contributed by atoms with E-state index in [9.17, 15) is 4.39 Å². The van der Waals surface area contributed by atoms with Gasteiger partial charge in [0.05, 0.1) is 0 Å². The van der Waals surface area contributed by atoms with E-state index in [0.717, 1.165) is 28.9 Å². The predicted molar refractivity (Wildman–Crippen MR) is 116 cm³/mol. The van der Waals surface area contributed by atoms with Gasteiger partial charge in [0.2, 0.25) is 0 Å². The normalized spacial score (nSPS) is 16.8. The van der Waals surface area contributed by atoms with E-state index in [1.807, 2.05) is 66.7 Å². The number of allylic oxidation sites excluding steroid dienone is 6. The smallest absolute Gasteiger partial charge is 0.660 e. The molecule has 0 N–H and O–H groups in total. The Bertz CT molecular complexity index is 972. The molecule has 0 saturated carbocycles. The van der Waals surface area contributed by atoms with Crippen molar-refractivity contribution in [2.24, 2.45) is 0 Å². The van der Waals surface area contributed by atoms with Gasteiger partial charge in [-0.1, -0.05) is 54.6 Å². The van der Waals surface area contributed by atoms with Crippen molar-refractivity contribution in [3.63, 3.8) is 0 Å². The average Bonchev–Trinajstić information content (AvgIpc) is 3.43. The molecule has 1 nitrogen and oxygen atoms in total. The van der Waals surface area contributed by atoms with E-state index in [2.05, 4.69) is 24.3 Å². The van der Waals surface area contributed by atoms with Crippen LogP contribution >= 0.6 is 11.8 Å². The fourth-order valence-corrected chi connectivity index (χ4v) is 4.38. The summed E-state index contributed by atoms with van der Waals surface area (Å²) in [7, 11) is 0. The monoisotopic (exact) mass is 441 g/mol. The number of nitrogens with zero attached hydrogens (tertiary/aromatic N) is 1. The number of para-hydroxylation sites is 1. The third-order valence-electron chi connectivity index (χ3n) is 4.56. The first kappa shape index (κ1) is 21.3. The molecule has 4 heteroatoms. The summed E-state index contributed by atoms with van der Waals surface area (Å²) in [5, 5.41) is 5.13. The van der Waals surface area contributed by atoms with Gasteiger partial charge < -0.3 is 5.32 Å². The van der Waals surface area contributed by atoms with Crippen LogP contribution in [0.5, 0.6) is 0 Å². The molecule has 0 bridgehead atoms. The average molecular weight is 441 g/mol. The minimum Gasteiger partial charge on any atom is -0.660 e. The Balaban J connectivity index is 0.000000352. The Morgan fingerprint density at radius 1 is 0.897 bits per heavy atom. The Kier molecular flexibility index (Phi) is 7.65. The molecule has 1 aliphatic carbocycles. The first-order valence-corrected chi connectivity index (χ1v) is 10.1. The van der Waals surface area contributed by atoms with Crippen molar-refractivity contribution < 1.29 is 21.5 Å². The van der Waals surface area contributed by atoms with Crippen molar-refractivity contribution in [3.8, 4) is 0 Å². The number of hydrogen-bond donors (Lipinski definition) is 0. The quantitative estimate of drug-likeness (QED) is 0.277. The minimum absolute atomic E-state index is 0. The van der Waals surface area contributed by atoms with Crippen LogP contribution in [-0.4, -0.2) is 0 Å². The molecule has 146 valence electrons. The zero-order valence-electron chi connectivity index (χ0n) is 15.7. The number of fused-ring (bicyclic) bond motifs is 1. The number of thioether (sulfide) groups is 1. The van der Waals surface area contributed by atoms with E-state index in [0.29, 0.717) is 0 Å². The molecule has 0 fully saturated rings. The molecule has 29 heavy (non-hydrogen) atoms. The van der Waals surface area contributed by atoms with Crippen LogP contribution in [0.2, 0.25) is 0 Å². The van der Waals surface area contributed by atoms with E-state index >= 15 is 0 Å². The van der Waals surface area contributed by atoms with Gasteiger partial charge in [0.1, 0.15) is 5.82 Å². The number of hydrogen-bond acceptors (Lipinski definition) is 1. The standard InChI is InChI=1S/C20H15FNS.C5H5.Fe/c21-16-11-9-15(10-12-16)20-13-18(14-5-1-2-6-14)22-17-7-3-4-8-19(17)23-20;1-2-4-5-3-1;/h1-12,20H,13H2;1-5H;/q2*-1;+2. The molecule has 0 radical (unpaired) electrons. The molecule has 0 aromatic heterocycles. The molecule has 2 aliphatic rings. The van der Waals surface area contributed by atoms with E-state index < -0.39 is 0 Å². The molecule has 1 atom stereocenters. The van der Waals surface area contributed by atoms with Gasteiger partial charge in [-0.05, 0) is 40.7 Å². The summed E-state index contributed by atoms with van der Waals surface area (Å²) in [5.74, 6) is -0.197. The van der Waals surface area contributed by atoms with E-state index in [1.54, 1.807) is 11.8 Å². The first-order chi connectivity index (χ1) is 13.8. The molecule has 5 rings (SSSR count). The van der Waals surface area contributed by atoms with Gasteiger partial charge in [0.25, 0.3) is 0 Å². The molecule has 1 aliphatic heterocycles. The maximum absolute atomic E-state index is 13.2. The summed E-state index contributed by atoms with van der Waals surface area (Å²) in [5.41, 5.74) is 4.39. The second kappa shape index (κ2) is 10.4. The van der Waals surface area contributed by atoms with Gasteiger partial charge in [-0.2, -0.15) is 23.9 Å². The van der Waals surface area contributed by atoms with Gasteiger partial charge >= 0.3 is 17.1 Å². The Morgan fingerprint density at radius 2 is 1.59 bits per heavy atom. The fourth-order valence-electron chi connectivity index (χ4n) is 3.14. The van der Waals surface area contributed by atoms with Crippen LogP contribution in [0.15, 0.2) is 119 Å². The molecule has 0 amide bonds. The maximum atomic E-state index is 13.2. The van der Waals surface area contributed by atoms with Crippen molar-refractivity contribution >= 4 is 17.4 Å². The molecule has 3 aromatic rings. The van der Waals surface area contributed by atoms with Crippen molar-refractivity contribution in [1.82, 2.24) is 0 Å². The first-order valence-electron chi connectivity index (χ1n) is 9.27. The fraction of sp³-hybridized carbons (Fsp3) is 0.0800. The van der Waals surface area contributed by atoms with Crippen LogP contribution < -0.4 is 0 Å². The summed E-state index contributed by atoms with van der Waals surface area (Å²) in [6, 6.07) is 25.0. The van der Waals surface area contributed by atoms with Crippen LogP contribution in [0.3, 0.4) is 0 Å². The topological polar surface area (TPSA) is 14.1 Å². The molecule has 1 unspecified atom stereocenters. The predicted octanol–water partition coefficient (Wildman–Crippen LogP) is 7.85. The van der Waals surface area contributed by atoms with Crippen LogP contribution in [0.25, 0.3) is 5.32 Å². The number of halogens is 1. The van der Waals surface area contributed by atoms with E-state index in [1.165, 1.54) is 17.0 Å². The van der Waals surface area contributed by atoms with Crippen LogP contribution in [0.4, 0.5) is 10.1 Å². The molecular formula is C25H20FFeNS. The maximum Gasteiger partial charge on any atom is 2.00 e. The molecule has 0 spiro atoms. The zero-order chi connectivity index (χ0) is 19.2. The minimum atomic E-state index is -0.197. The second-order valence-corrected chi connectivity index (χ2v) is 7.77. The largest absolute Gasteiger partial charge is 2.00 e. The molecule has 3 aromatic carbocycles. The van der Waals surface area contributed by atoms with Crippen LogP contribution in [0.1, 0.15) is 17.2 Å². The number of rotatable bonds is 1.